The van der Waals surface area contributed by atoms with Crippen LogP contribution in [0.4, 0.5) is 10.7 Å². The number of piperidine rings is 1. The van der Waals surface area contributed by atoms with Crippen molar-refractivity contribution in [2.75, 3.05) is 37.6 Å². The maximum atomic E-state index is 13.0. The van der Waals surface area contributed by atoms with E-state index in [2.05, 4.69) is 50.0 Å². The van der Waals surface area contributed by atoms with Crippen molar-refractivity contribution >= 4 is 12.0 Å². The van der Waals surface area contributed by atoms with E-state index in [1.54, 1.807) is 12.4 Å². The average Bonchev–Trinajstić information content (AvgIpc) is 2.85. The van der Waals surface area contributed by atoms with Crippen molar-refractivity contribution in [3.8, 4) is 6.07 Å². The Balaban J connectivity index is 1.19. The molecule has 4 rings (SSSR count). The van der Waals surface area contributed by atoms with E-state index in [-0.39, 0.29) is 18.1 Å². The average molecular weight is 463 g/mol. The summed E-state index contributed by atoms with van der Waals surface area (Å²) in [4.78, 5) is 32.3. The Morgan fingerprint density at radius 1 is 1.15 bits per heavy atom. The largest absolute Gasteiger partial charge is 0.338 e. The van der Waals surface area contributed by atoms with Crippen LogP contribution in [0.5, 0.6) is 0 Å². The molecule has 0 aromatic carbocycles. The van der Waals surface area contributed by atoms with Gasteiger partial charge in [0.1, 0.15) is 6.07 Å². The lowest BCUT2D eigenvalue weighted by atomic mass is 9.93. The fourth-order valence-corrected chi connectivity index (χ4v) is 5.09. The number of hydrogen-bond acceptors (Lipinski definition) is 7. The van der Waals surface area contributed by atoms with Crippen molar-refractivity contribution in [1.82, 2.24) is 30.1 Å². The molecule has 2 aliphatic heterocycles. The lowest BCUT2D eigenvalue weighted by Crippen LogP contribution is -2.61. The number of rotatable bonds is 6. The number of nitrogens with zero attached hydrogens (tertiary/aromatic N) is 7. The molecule has 1 N–H and O–H groups in total. The Bertz CT molecular complexity index is 957. The number of aromatic nitrogens is 3. The van der Waals surface area contributed by atoms with Crippen LogP contribution in [0.25, 0.3) is 0 Å². The Labute approximate surface area is 201 Å². The molecule has 0 spiro atoms. The third kappa shape index (κ3) is 6.00. The summed E-state index contributed by atoms with van der Waals surface area (Å²) in [6.07, 6.45) is 10.2. The van der Waals surface area contributed by atoms with Gasteiger partial charge in [-0.1, -0.05) is 6.07 Å². The monoisotopic (exact) mass is 462 g/mol. The number of piperazine rings is 1. The van der Waals surface area contributed by atoms with Crippen molar-refractivity contribution in [3.05, 3.63) is 48.0 Å². The summed E-state index contributed by atoms with van der Waals surface area (Å²) in [6.45, 7) is 9.32. The highest BCUT2D eigenvalue weighted by atomic mass is 16.2. The van der Waals surface area contributed by atoms with Crippen molar-refractivity contribution < 1.29 is 4.79 Å². The van der Waals surface area contributed by atoms with Crippen molar-refractivity contribution in [2.45, 2.75) is 51.7 Å². The summed E-state index contributed by atoms with van der Waals surface area (Å²) >= 11 is 0. The van der Waals surface area contributed by atoms with Crippen LogP contribution in [0.1, 0.15) is 44.2 Å². The van der Waals surface area contributed by atoms with E-state index >= 15 is 0 Å². The molecule has 0 radical (unpaired) electrons. The Morgan fingerprint density at radius 2 is 1.85 bits per heavy atom. The van der Waals surface area contributed by atoms with E-state index in [1.807, 2.05) is 29.4 Å². The number of pyridine rings is 1. The second kappa shape index (κ2) is 11.3. The summed E-state index contributed by atoms with van der Waals surface area (Å²) < 4.78 is 0. The van der Waals surface area contributed by atoms with E-state index in [9.17, 15) is 4.79 Å². The van der Waals surface area contributed by atoms with Gasteiger partial charge in [-0.05, 0) is 63.7 Å². The number of anilines is 1. The minimum atomic E-state index is 0.00871. The number of nitrogens with one attached hydrogen (secondary N) is 1. The molecule has 4 heterocycles. The zero-order chi connectivity index (χ0) is 23.9. The summed E-state index contributed by atoms with van der Waals surface area (Å²) in [7, 11) is 0. The van der Waals surface area contributed by atoms with Gasteiger partial charge in [0, 0.05) is 50.7 Å². The number of likely N-dealkylation sites (tertiary alicyclic amines) is 1. The first-order valence-electron chi connectivity index (χ1n) is 12.2. The Kier molecular flexibility index (Phi) is 7.91. The topological polar surface area (TPSA) is 101 Å². The van der Waals surface area contributed by atoms with Gasteiger partial charge in [0.05, 0.1) is 18.0 Å². The second-order valence-corrected chi connectivity index (χ2v) is 9.50. The van der Waals surface area contributed by atoms with E-state index < -0.39 is 0 Å². The number of carbonyl (C=O) groups is 1. The number of nitriles is 1. The molecular formula is C25H34N8O. The normalized spacial score (nSPS) is 21.8. The first-order valence-corrected chi connectivity index (χ1v) is 12.2. The summed E-state index contributed by atoms with van der Waals surface area (Å²) in [5.41, 5.74) is 1.71. The van der Waals surface area contributed by atoms with Gasteiger partial charge < -0.3 is 15.1 Å². The van der Waals surface area contributed by atoms with E-state index in [0.29, 0.717) is 37.1 Å². The molecule has 2 amide bonds. The highest BCUT2D eigenvalue weighted by Crippen LogP contribution is 2.22. The molecule has 180 valence electrons. The Hall–Kier alpha value is -3.25. The van der Waals surface area contributed by atoms with Crippen molar-refractivity contribution in [3.63, 3.8) is 0 Å². The fourth-order valence-electron chi connectivity index (χ4n) is 5.09. The first-order chi connectivity index (χ1) is 16.5. The van der Waals surface area contributed by atoms with Crippen LogP contribution in [0.3, 0.4) is 0 Å². The molecule has 0 unspecified atom stereocenters. The number of carbonyl (C=O) groups excluding carboxylic acids is 1. The van der Waals surface area contributed by atoms with Crippen LogP contribution < -0.4 is 10.2 Å². The molecule has 0 aliphatic carbocycles. The third-order valence-electron chi connectivity index (χ3n) is 6.87. The Morgan fingerprint density at radius 3 is 2.47 bits per heavy atom. The predicted octanol–water partition coefficient (Wildman–Crippen LogP) is 2.65. The van der Waals surface area contributed by atoms with Gasteiger partial charge in [-0.3, -0.25) is 9.88 Å². The molecule has 2 atom stereocenters. The van der Waals surface area contributed by atoms with Gasteiger partial charge in [-0.2, -0.15) is 5.26 Å². The SMILES string of the molecule is C[C@@H]1CN(c2ncc(C#N)cn2)C[C@H](C)N1C(=O)NCCC1CCN(Cc2cccnc2)CC1. The minimum absolute atomic E-state index is 0.00871. The molecule has 9 heteroatoms. The molecule has 0 bridgehead atoms. The molecule has 2 fully saturated rings. The van der Waals surface area contributed by atoms with Gasteiger partial charge in [0.2, 0.25) is 5.95 Å². The molecule has 2 aromatic rings. The van der Waals surface area contributed by atoms with E-state index in [0.717, 1.165) is 26.1 Å². The summed E-state index contributed by atoms with van der Waals surface area (Å²) in [6, 6.07) is 6.26. The van der Waals surface area contributed by atoms with Gasteiger partial charge in [0.15, 0.2) is 0 Å². The smallest absolute Gasteiger partial charge is 0.318 e. The molecular weight excluding hydrogens is 428 g/mol. The maximum absolute atomic E-state index is 13.0. The van der Waals surface area contributed by atoms with Gasteiger partial charge in [-0.25, -0.2) is 14.8 Å². The molecule has 2 aromatic heterocycles. The van der Waals surface area contributed by atoms with Crippen LogP contribution in [-0.2, 0) is 6.54 Å². The summed E-state index contributed by atoms with van der Waals surface area (Å²) in [5.74, 6) is 1.26. The predicted molar refractivity (Wildman–Crippen MR) is 130 cm³/mol. The molecule has 2 aliphatic rings. The lowest BCUT2D eigenvalue weighted by Gasteiger charge is -2.44. The second-order valence-electron chi connectivity index (χ2n) is 9.50. The van der Waals surface area contributed by atoms with Crippen molar-refractivity contribution in [1.29, 1.82) is 5.26 Å². The van der Waals surface area contributed by atoms with E-state index in [4.69, 9.17) is 5.26 Å². The number of urea groups is 1. The molecule has 0 saturated carbocycles. The van der Waals surface area contributed by atoms with Gasteiger partial charge in [0.25, 0.3) is 0 Å². The highest BCUT2D eigenvalue weighted by molar-refractivity contribution is 5.75. The number of hydrogen-bond donors (Lipinski definition) is 1. The zero-order valence-corrected chi connectivity index (χ0v) is 20.1. The maximum Gasteiger partial charge on any atom is 0.318 e. The summed E-state index contributed by atoms with van der Waals surface area (Å²) in [5, 5.41) is 12.1. The van der Waals surface area contributed by atoms with Crippen LogP contribution in [0, 0.1) is 17.2 Å². The van der Waals surface area contributed by atoms with Crippen LogP contribution >= 0.6 is 0 Å². The lowest BCUT2D eigenvalue weighted by molar-refractivity contribution is 0.139. The quantitative estimate of drug-likeness (QED) is 0.704. The molecule has 9 nitrogen and oxygen atoms in total. The molecule has 34 heavy (non-hydrogen) atoms. The van der Waals surface area contributed by atoms with Crippen LogP contribution in [-0.4, -0.2) is 75.6 Å². The molecule has 2 saturated heterocycles. The zero-order valence-electron chi connectivity index (χ0n) is 20.1. The standard InChI is InChI=1S/C25H34N8O/c1-19-16-32(24-29-14-23(12-26)15-30-24)17-20(2)33(19)25(34)28-9-5-21-6-10-31(11-7-21)18-22-4-3-8-27-13-22/h3-4,8,13-15,19-21H,5-7,9-11,16-18H2,1-2H3,(H,28,34)/t19-,20+. The minimum Gasteiger partial charge on any atom is -0.338 e. The number of amides is 2. The van der Waals surface area contributed by atoms with E-state index in [1.165, 1.54) is 18.4 Å². The van der Waals surface area contributed by atoms with Gasteiger partial charge in [-0.15, -0.1) is 0 Å². The highest BCUT2D eigenvalue weighted by Gasteiger charge is 2.34. The van der Waals surface area contributed by atoms with Crippen LogP contribution in [0.2, 0.25) is 0 Å². The van der Waals surface area contributed by atoms with Crippen molar-refractivity contribution in [2.24, 2.45) is 5.92 Å². The van der Waals surface area contributed by atoms with Crippen LogP contribution in [0.15, 0.2) is 36.9 Å². The van der Waals surface area contributed by atoms with Gasteiger partial charge >= 0.3 is 6.03 Å². The first kappa shape index (κ1) is 23.9. The third-order valence-corrected chi connectivity index (χ3v) is 6.87. The fraction of sp³-hybridized carbons (Fsp3) is 0.560.